The molecule has 5 heteroatoms. The molecular formula is C20H24N2O3. The molecule has 0 radical (unpaired) electrons. The van der Waals surface area contributed by atoms with Crippen LogP contribution in [0.3, 0.4) is 0 Å². The first-order valence-corrected chi connectivity index (χ1v) is 8.59. The monoisotopic (exact) mass is 340 g/mol. The molecule has 1 amide bonds. The van der Waals surface area contributed by atoms with E-state index in [9.17, 15) is 4.79 Å². The van der Waals surface area contributed by atoms with Crippen molar-refractivity contribution in [2.75, 3.05) is 25.0 Å². The van der Waals surface area contributed by atoms with Crippen LogP contribution in [0.25, 0.3) is 0 Å². The van der Waals surface area contributed by atoms with Crippen LogP contribution in [0.1, 0.15) is 13.8 Å². The van der Waals surface area contributed by atoms with E-state index in [-0.39, 0.29) is 18.1 Å². The van der Waals surface area contributed by atoms with E-state index in [4.69, 9.17) is 9.47 Å². The highest BCUT2D eigenvalue weighted by atomic mass is 16.5. The van der Waals surface area contributed by atoms with Gasteiger partial charge in [-0.2, -0.15) is 0 Å². The molecule has 1 heterocycles. The predicted octanol–water partition coefficient (Wildman–Crippen LogP) is 3.53. The molecule has 0 aromatic heterocycles. The van der Waals surface area contributed by atoms with Crippen LogP contribution in [0, 0.1) is 0 Å². The second-order valence-corrected chi connectivity index (χ2v) is 6.44. The van der Waals surface area contributed by atoms with Crippen LogP contribution in [0.5, 0.6) is 11.5 Å². The Hall–Kier alpha value is -2.37. The van der Waals surface area contributed by atoms with Crippen molar-refractivity contribution < 1.29 is 14.3 Å². The van der Waals surface area contributed by atoms with E-state index in [2.05, 4.69) is 10.2 Å². The standard InChI is InChI=1S/C20H24N2O3/c1-15-12-22(13-16(2)24-15)14-20(23)21-17-7-6-10-19(11-17)25-18-8-4-3-5-9-18/h3-11,15-16H,12-14H2,1-2H3,(H,21,23). The summed E-state index contributed by atoms with van der Waals surface area (Å²) >= 11 is 0. The van der Waals surface area contributed by atoms with Crippen LogP contribution >= 0.6 is 0 Å². The highest BCUT2D eigenvalue weighted by Crippen LogP contribution is 2.23. The summed E-state index contributed by atoms with van der Waals surface area (Å²) < 4.78 is 11.5. The summed E-state index contributed by atoms with van der Waals surface area (Å²) in [6.45, 7) is 5.97. The van der Waals surface area contributed by atoms with Crippen molar-refractivity contribution >= 4 is 11.6 Å². The first kappa shape index (κ1) is 17.5. The number of hydrogen-bond acceptors (Lipinski definition) is 4. The van der Waals surface area contributed by atoms with Gasteiger partial charge in [-0.15, -0.1) is 0 Å². The Morgan fingerprint density at radius 3 is 2.48 bits per heavy atom. The molecule has 5 nitrogen and oxygen atoms in total. The van der Waals surface area contributed by atoms with Gasteiger partial charge in [0.2, 0.25) is 5.91 Å². The third-order valence-corrected chi connectivity index (χ3v) is 3.96. The van der Waals surface area contributed by atoms with E-state index >= 15 is 0 Å². The largest absolute Gasteiger partial charge is 0.457 e. The number of carbonyl (C=O) groups excluding carboxylic acids is 1. The number of anilines is 1. The summed E-state index contributed by atoms with van der Waals surface area (Å²) in [5.41, 5.74) is 0.729. The Balaban J connectivity index is 1.57. The zero-order valence-electron chi connectivity index (χ0n) is 14.6. The maximum Gasteiger partial charge on any atom is 0.238 e. The zero-order valence-corrected chi connectivity index (χ0v) is 14.6. The Morgan fingerprint density at radius 1 is 1.08 bits per heavy atom. The van der Waals surface area contributed by atoms with Gasteiger partial charge >= 0.3 is 0 Å². The van der Waals surface area contributed by atoms with Gasteiger partial charge in [0.1, 0.15) is 11.5 Å². The number of nitrogens with one attached hydrogen (secondary N) is 1. The van der Waals surface area contributed by atoms with Crippen molar-refractivity contribution in [3.63, 3.8) is 0 Å². The number of rotatable bonds is 5. The molecule has 2 atom stereocenters. The lowest BCUT2D eigenvalue weighted by Crippen LogP contribution is -2.48. The molecule has 1 aliphatic heterocycles. The lowest BCUT2D eigenvalue weighted by Gasteiger charge is -2.34. The van der Waals surface area contributed by atoms with Gasteiger partial charge < -0.3 is 14.8 Å². The number of nitrogens with zero attached hydrogens (tertiary/aromatic N) is 1. The molecule has 0 spiro atoms. The second-order valence-electron chi connectivity index (χ2n) is 6.44. The average Bonchev–Trinajstić information content (AvgIpc) is 2.55. The number of morpholine rings is 1. The first-order valence-electron chi connectivity index (χ1n) is 8.59. The molecule has 2 unspecified atom stereocenters. The molecule has 132 valence electrons. The fourth-order valence-electron chi connectivity index (χ4n) is 3.08. The molecule has 1 aliphatic rings. The molecule has 3 rings (SSSR count). The van der Waals surface area contributed by atoms with Crippen LogP contribution in [0.4, 0.5) is 5.69 Å². The highest BCUT2D eigenvalue weighted by Gasteiger charge is 2.23. The smallest absolute Gasteiger partial charge is 0.238 e. The third-order valence-electron chi connectivity index (χ3n) is 3.96. The van der Waals surface area contributed by atoms with Gasteiger partial charge in [0.05, 0.1) is 18.8 Å². The van der Waals surface area contributed by atoms with E-state index in [1.54, 1.807) is 0 Å². The van der Waals surface area contributed by atoms with Crippen molar-refractivity contribution in [3.05, 3.63) is 54.6 Å². The molecule has 1 fully saturated rings. The van der Waals surface area contributed by atoms with Gasteiger partial charge in [-0.3, -0.25) is 9.69 Å². The van der Waals surface area contributed by atoms with Gasteiger partial charge in [-0.25, -0.2) is 0 Å². The summed E-state index contributed by atoms with van der Waals surface area (Å²) in [6.07, 6.45) is 0.304. The lowest BCUT2D eigenvalue weighted by molar-refractivity contribution is -0.121. The summed E-state index contributed by atoms with van der Waals surface area (Å²) in [6, 6.07) is 17.0. The topological polar surface area (TPSA) is 50.8 Å². The SMILES string of the molecule is CC1CN(CC(=O)Nc2cccc(Oc3ccccc3)c2)CC(C)O1. The van der Waals surface area contributed by atoms with E-state index < -0.39 is 0 Å². The minimum atomic E-state index is -0.0295. The van der Waals surface area contributed by atoms with E-state index in [1.165, 1.54) is 0 Å². The summed E-state index contributed by atoms with van der Waals surface area (Å²) in [5.74, 6) is 1.43. The Kier molecular flexibility index (Phi) is 5.68. The Bertz CT molecular complexity index is 695. The van der Waals surface area contributed by atoms with Crippen LogP contribution in [0.15, 0.2) is 54.6 Å². The molecule has 25 heavy (non-hydrogen) atoms. The van der Waals surface area contributed by atoms with Gasteiger partial charge in [0.15, 0.2) is 0 Å². The van der Waals surface area contributed by atoms with Gasteiger partial charge in [-0.1, -0.05) is 24.3 Å². The van der Waals surface area contributed by atoms with Crippen LogP contribution < -0.4 is 10.1 Å². The fraction of sp³-hybridized carbons (Fsp3) is 0.350. The maximum absolute atomic E-state index is 12.3. The van der Waals surface area contributed by atoms with Gasteiger partial charge in [-0.05, 0) is 38.1 Å². The van der Waals surface area contributed by atoms with Crippen molar-refractivity contribution in [1.29, 1.82) is 0 Å². The van der Waals surface area contributed by atoms with Crippen LogP contribution in [-0.4, -0.2) is 42.6 Å². The molecular weight excluding hydrogens is 316 g/mol. The normalized spacial score (nSPS) is 20.9. The molecule has 2 aromatic rings. The minimum absolute atomic E-state index is 0.0295. The fourth-order valence-corrected chi connectivity index (χ4v) is 3.08. The maximum atomic E-state index is 12.3. The number of amides is 1. The highest BCUT2D eigenvalue weighted by molar-refractivity contribution is 5.92. The molecule has 0 saturated carbocycles. The molecule has 0 bridgehead atoms. The first-order chi connectivity index (χ1) is 12.1. The van der Waals surface area contributed by atoms with Crippen molar-refractivity contribution in [1.82, 2.24) is 4.90 Å². The Labute approximate surface area is 148 Å². The molecule has 1 N–H and O–H groups in total. The summed E-state index contributed by atoms with van der Waals surface area (Å²) in [5, 5.41) is 2.94. The van der Waals surface area contributed by atoms with E-state index in [0.29, 0.717) is 12.3 Å². The van der Waals surface area contributed by atoms with E-state index in [0.717, 1.165) is 24.5 Å². The number of benzene rings is 2. The average molecular weight is 340 g/mol. The van der Waals surface area contributed by atoms with Crippen LogP contribution in [0.2, 0.25) is 0 Å². The number of hydrogen-bond donors (Lipinski definition) is 1. The zero-order chi connectivity index (χ0) is 17.6. The minimum Gasteiger partial charge on any atom is -0.457 e. The summed E-state index contributed by atoms with van der Waals surface area (Å²) in [7, 11) is 0. The number of ether oxygens (including phenoxy) is 2. The molecule has 1 saturated heterocycles. The third kappa shape index (κ3) is 5.31. The summed E-state index contributed by atoms with van der Waals surface area (Å²) in [4.78, 5) is 14.5. The second kappa shape index (κ2) is 8.14. The van der Waals surface area contributed by atoms with Crippen molar-refractivity contribution in [2.24, 2.45) is 0 Å². The van der Waals surface area contributed by atoms with Crippen LogP contribution in [-0.2, 0) is 9.53 Å². The number of para-hydroxylation sites is 1. The van der Waals surface area contributed by atoms with Crippen molar-refractivity contribution in [2.45, 2.75) is 26.1 Å². The van der Waals surface area contributed by atoms with Crippen molar-refractivity contribution in [3.8, 4) is 11.5 Å². The quantitative estimate of drug-likeness (QED) is 0.905. The van der Waals surface area contributed by atoms with E-state index in [1.807, 2.05) is 68.4 Å². The molecule has 0 aliphatic carbocycles. The number of carbonyl (C=O) groups is 1. The van der Waals surface area contributed by atoms with Gasteiger partial charge in [0, 0.05) is 24.8 Å². The Morgan fingerprint density at radius 2 is 1.76 bits per heavy atom. The van der Waals surface area contributed by atoms with Gasteiger partial charge in [0.25, 0.3) is 0 Å². The predicted molar refractivity (Wildman–Crippen MR) is 98.0 cm³/mol. The molecule has 2 aromatic carbocycles. The lowest BCUT2D eigenvalue weighted by atomic mass is 10.2.